The molecule has 0 bridgehead atoms. The molecule has 0 radical (unpaired) electrons. The molecule has 0 saturated carbocycles. The van der Waals surface area contributed by atoms with E-state index in [1.165, 1.54) is 12.8 Å². The Hall–Kier alpha value is -0.610. The molecule has 1 aliphatic heterocycles. The summed E-state index contributed by atoms with van der Waals surface area (Å²) in [5.74, 6) is 0.805. The van der Waals surface area contributed by atoms with E-state index in [4.69, 9.17) is 0 Å². The van der Waals surface area contributed by atoms with Crippen LogP contribution in [0.3, 0.4) is 0 Å². The molecule has 2 N–H and O–H groups in total. The minimum Gasteiger partial charge on any atom is -0.391 e. The smallest absolute Gasteiger partial charge is 0.234 e. The second-order valence-corrected chi connectivity index (χ2v) is 6.64. The van der Waals surface area contributed by atoms with Crippen LogP contribution in [0.4, 0.5) is 0 Å². The first kappa shape index (κ1) is 15.4. The molecule has 1 atom stereocenters. The van der Waals surface area contributed by atoms with Crippen LogP contribution in [-0.4, -0.2) is 48.2 Å². The first-order chi connectivity index (χ1) is 8.29. The normalized spacial score (nSPS) is 20.7. The summed E-state index contributed by atoms with van der Waals surface area (Å²) in [6.07, 6.45) is 1.86. The van der Waals surface area contributed by atoms with E-state index in [-0.39, 0.29) is 11.3 Å². The Morgan fingerprint density at radius 3 is 2.44 bits per heavy atom. The summed E-state index contributed by atoms with van der Waals surface area (Å²) in [6, 6.07) is 0. The minimum atomic E-state index is -0.497. The third-order valence-corrected chi connectivity index (χ3v) is 3.74. The zero-order chi connectivity index (χ0) is 13.8. The van der Waals surface area contributed by atoms with Crippen LogP contribution in [0.2, 0.25) is 0 Å². The van der Waals surface area contributed by atoms with Crippen molar-refractivity contribution in [3.8, 4) is 0 Å². The van der Waals surface area contributed by atoms with Crippen molar-refractivity contribution in [3.05, 3.63) is 0 Å². The number of nitrogens with zero attached hydrogens (tertiary/aromatic N) is 1. The van der Waals surface area contributed by atoms with Gasteiger partial charge < -0.3 is 10.4 Å². The molecule has 1 amide bonds. The number of carbonyl (C=O) groups is 1. The van der Waals surface area contributed by atoms with Crippen molar-refractivity contribution in [2.75, 3.05) is 26.2 Å². The fourth-order valence-electron chi connectivity index (χ4n) is 2.00. The van der Waals surface area contributed by atoms with Gasteiger partial charge in [-0.1, -0.05) is 27.7 Å². The summed E-state index contributed by atoms with van der Waals surface area (Å²) in [4.78, 5) is 14.0. The van der Waals surface area contributed by atoms with Crippen LogP contribution in [0, 0.1) is 11.3 Å². The van der Waals surface area contributed by atoms with Crippen LogP contribution in [0.5, 0.6) is 0 Å². The Morgan fingerprint density at radius 2 is 1.94 bits per heavy atom. The van der Waals surface area contributed by atoms with E-state index in [0.717, 1.165) is 19.0 Å². The molecule has 1 rings (SSSR count). The van der Waals surface area contributed by atoms with Gasteiger partial charge in [-0.25, -0.2) is 0 Å². The standard InChI is InChI=1S/C14H28N2O2/c1-11-5-7-16(8-6-11)10-13(18)15-9-12(17)14(2,3)4/h11-12,17H,5-10H2,1-4H3,(H,15,18). The summed E-state index contributed by atoms with van der Waals surface area (Å²) in [5, 5.41) is 12.7. The summed E-state index contributed by atoms with van der Waals surface area (Å²) >= 11 is 0. The molecule has 1 fully saturated rings. The van der Waals surface area contributed by atoms with Gasteiger partial charge in [-0.3, -0.25) is 9.69 Å². The fourth-order valence-corrected chi connectivity index (χ4v) is 2.00. The van der Waals surface area contributed by atoms with Crippen molar-refractivity contribution in [1.29, 1.82) is 0 Å². The lowest BCUT2D eigenvalue weighted by atomic mass is 9.89. The number of amides is 1. The molecule has 1 heterocycles. The number of hydrogen-bond donors (Lipinski definition) is 2. The Balaban J connectivity index is 2.22. The number of rotatable bonds is 4. The molecule has 0 aromatic heterocycles. The van der Waals surface area contributed by atoms with E-state index >= 15 is 0 Å². The number of aliphatic hydroxyl groups excluding tert-OH is 1. The van der Waals surface area contributed by atoms with Crippen LogP contribution in [0.15, 0.2) is 0 Å². The second kappa shape index (κ2) is 6.53. The highest BCUT2D eigenvalue weighted by atomic mass is 16.3. The molecule has 1 aliphatic rings. The van der Waals surface area contributed by atoms with E-state index in [2.05, 4.69) is 17.1 Å². The highest BCUT2D eigenvalue weighted by Gasteiger charge is 2.23. The third-order valence-electron chi connectivity index (χ3n) is 3.74. The van der Waals surface area contributed by atoms with Crippen LogP contribution < -0.4 is 5.32 Å². The maximum absolute atomic E-state index is 11.8. The van der Waals surface area contributed by atoms with Crippen molar-refractivity contribution in [1.82, 2.24) is 10.2 Å². The van der Waals surface area contributed by atoms with Gasteiger partial charge in [0.15, 0.2) is 0 Å². The van der Waals surface area contributed by atoms with Crippen molar-refractivity contribution in [2.45, 2.75) is 46.6 Å². The summed E-state index contributed by atoms with van der Waals surface area (Å²) in [6.45, 7) is 11.0. The third kappa shape index (κ3) is 5.36. The Bertz CT molecular complexity index is 265. The topological polar surface area (TPSA) is 52.6 Å². The van der Waals surface area contributed by atoms with Crippen LogP contribution in [-0.2, 0) is 4.79 Å². The van der Waals surface area contributed by atoms with Crippen molar-refractivity contribution in [2.24, 2.45) is 11.3 Å². The van der Waals surface area contributed by atoms with Gasteiger partial charge in [-0.2, -0.15) is 0 Å². The largest absolute Gasteiger partial charge is 0.391 e. The summed E-state index contributed by atoms with van der Waals surface area (Å²) in [7, 11) is 0. The number of likely N-dealkylation sites (tertiary alicyclic amines) is 1. The number of hydrogen-bond acceptors (Lipinski definition) is 3. The lowest BCUT2D eigenvalue weighted by molar-refractivity contribution is -0.123. The molecular formula is C14H28N2O2. The second-order valence-electron chi connectivity index (χ2n) is 6.64. The van der Waals surface area contributed by atoms with Gasteiger partial charge in [0.25, 0.3) is 0 Å². The molecule has 4 nitrogen and oxygen atoms in total. The number of aliphatic hydroxyl groups is 1. The lowest BCUT2D eigenvalue weighted by Gasteiger charge is -2.30. The van der Waals surface area contributed by atoms with Gasteiger partial charge >= 0.3 is 0 Å². The molecule has 1 unspecified atom stereocenters. The van der Waals surface area contributed by atoms with Gasteiger partial charge in [0.05, 0.1) is 12.6 Å². The van der Waals surface area contributed by atoms with Gasteiger partial charge in [-0.15, -0.1) is 0 Å². The number of piperidine rings is 1. The van der Waals surface area contributed by atoms with Crippen LogP contribution in [0.1, 0.15) is 40.5 Å². The van der Waals surface area contributed by atoms with Crippen molar-refractivity contribution >= 4 is 5.91 Å². The monoisotopic (exact) mass is 256 g/mol. The van der Waals surface area contributed by atoms with Crippen LogP contribution in [0.25, 0.3) is 0 Å². The zero-order valence-electron chi connectivity index (χ0n) is 12.2. The van der Waals surface area contributed by atoms with E-state index in [9.17, 15) is 9.90 Å². The van der Waals surface area contributed by atoms with Gasteiger partial charge in [0.2, 0.25) is 5.91 Å². The first-order valence-electron chi connectivity index (χ1n) is 6.96. The molecule has 0 aromatic rings. The zero-order valence-corrected chi connectivity index (χ0v) is 12.2. The molecule has 4 heteroatoms. The van der Waals surface area contributed by atoms with Crippen molar-refractivity contribution in [3.63, 3.8) is 0 Å². The van der Waals surface area contributed by atoms with E-state index < -0.39 is 6.10 Å². The first-order valence-corrected chi connectivity index (χ1v) is 6.96. The quantitative estimate of drug-likeness (QED) is 0.796. The number of nitrogens with one attached hydrogen (secondary N) is 1. The molecular weight excluding hydrogens is 228 g/mol. The van der Waals surface area contributed by atoms with E-state index in [1.54, 1.807) is 0 Å². The van der Waals surface area contributed by atoms with Crippen molar-refractivity contribution < 1.29 is 9.90 Å². The minimum absolute atomic E-state index is 0.0212. The summed E-state index contributed by atoms with van der Waals surface area (Å²) < 4.78 is 0. The Morgan fingerprint density at radius 1 is 1.39 bits per heavy atom. The molecule has 0 spiro atoms. The average molecular weight is 256 g/mol. The Kier molecular flexibility index (Phi) is 5.60. The average Bonchev–Trinajstić information content (AvgIpc) is 2.28. The Labute approximate surface area is 111 Å². The highest BCUT2D eigenvalue weighted by molar-refractivity contribution is 5.78. The molecule has 0 aliphatic carbocycles. The molecule has 18 heavy (non-hydrogen) atoms. The maximum Gasteiger partial charge on any atom is 0.234 e. The summed E-state index contributed by atoms with van der Waals surface area (Å²) in [5.41, 5.74) is -0.187. The maximum atomic E-state index is 11.8. The van der Waals surface area contributed by atoms with Gasteiger partial charge in [0.1, 0.15) is 0 Å². The fraction of sp³-hybridized carbons (Fsp3) is 0.929. The van der Waals surface area contributed by atoms with Gasteiger partial charge in [0, 0.05) is 6.54 Å². The molecule has 0 aromatic carbocycles. The molecule has 1 saturated heterocycles. The van der Waals surface area contributed by atoms with Crippen LogP contribution >= 0.6 is 0 Å². The predicted octanol–water partition coefficient (Wildman–Crippen LogP) is 1.24. The SMILES string of the molecule is CC1CCN(CC(=O)NCC(O)C(C)(C)C)CC1. The predicted molar refractivity (Wildman–Crippen MR) is 73.3 cm³/mol. The van der Waals surface area contributed by atoms with E-state index in [1.807, 2.05) is 20.8 Å². The number of carbonyl (C=O) groups excluding carboxylic acids is 1. The molecule has 106 valence electrons. The lowest BCUT2D eigenvalue weighted by Crippen LogP contribution is -2.45. The highest BCUT2D eigenvalue weighted by Crippen LogP contribution is 2.18. The van der Waals surface area contributed by atoms with Gasteiger partial charge in [-0.05, 0) is 37.3 Å². The van der Waals surface area contributed by atoms with E-state index in [0.29, 0.717) is 13.1 Å².